The Bertz CT molecular complexity index is 265. The largest absolute Gasteiger partial charge is 0.328 e. The van der Waals surface area contributed by atoms with Gasteiger partial charge in [-0.2, -0.15) is 4.98 Å². The second-order valence-electron chi connectivity index (χ2n) is 2.57. The Morgan fingerprint density at radius 3 is 3.27 bits per heavy atom. The van der Waals surface area contributed by atoms with E-state index < -0.39 is 0 Å². The molecule has 2 rings (SSSR count). The zero-order valence-electron chi connectivity index (χ0n) is 6.16. The van der Waals surface area contributed by atoms with Gasteiger partial charge < -0.3 is 9.84 Å². The molecule has 0 aliphatic carbocycles. The molecule has 0 fully saturated rings. The summed E-state index contributed by atoms with van der Waals surface area (Å²) in [6, 6.07) is 0.406. The molecule has 1 aliphatic rings. The molecule has 1 aromatic rings. The van der Waals surface area contributed by atoms with E-state index in [0.717, 1.165) is 12.1 Å². The van der Waals surface area contributed by atoms with Gasteiger partial charge in [-0.25, -0.2) is 0 Å². The first-order valence-corrected chi connectivity index (χ1v) is 3.50. The van der Waals surface area contributed by atoms with Crippen LogP contribution in [-0.4, -0.2) is 22.7 Å². The molecule has 1 atom stereocenters. The number of nitrogens with zero attached hydrogens (tertiary/aromatic N) is 2. The van der Waals surface area contributed by atoms with Crippen LogP contribution in [0.1, 0.15) is 12.7 Å². The molecule has 1 aliphatic heterocycles. The minimum Gasteiger partial charge on any atom is -0.328 e. The van der Waals surface area contributed by atoms with E-state index in [1.165, 1.54) is 0 Å². The maximum atomic E-state index is 4.51. The predicted molar refractivity (Wildman–Crippen MR) is 38.6 cm³/mol. The molecule has 0 saturated carbocycles. The van der Waals surface area contributed by atoms with Gasteiger partial charge >= 0.3 is 6.39 Å². The first-order chi connectivity index (χ1) is 5.36. The van der Waals surface area contributed by atoms with E-state index in [1.54, 1.807) is 0 Å². The second-order valence-corrected chi connectivity index (χ2v) is 2.57. The molecule has 4 heteroatoms. The normalized spacial score (nSPS) is 23.7. The summed E-state index contributed by atoms with van der Waals surface area (Å²) < 4.78 is 4.51. The number of nitrogens with one attached hydrogen (secondary N) is 1. The Labute approximate surface area is 64.3 Å². The van der Waals surface area contributed by atoms with Gasteiger partial charge in [-0.15, -0.1) is 0 Å². The van der Waals surface area contributed by atoms with E-state index in [0.29, 0.717) is 11.9 Å². The number of aromatic nitrogens is 2. The van der Waals surface area contributed by atoms with Crippen molar-refractivity contribution < 1.29 is 4.52 Å². The third-order valence-electron chi connectivity index (χ3n) is 1.68. The van der Waals surface area contributed by atoms with Crippen LogP contribution in [0.3, 0.4) is 0 Å². The summed E-state index contributed by atoms with van der Waals surface area (Å²) >= 11 is 0. The van der Waals surface area contributed by atoms with E-state index in [9.17, 15) is 0 Å². The van der Waals surface area contributed by atoms with Crippen molar-refractivity contribution in [1.29, 1.82) is 0 Å². The van der Waals surface area contributed by atoms with Crippen molar-refractivity contribution in [1.82, 2.24) is 15.5 Å². The average molecular weight is 150 g/mol. The quantitative estimate of drug-likeness (QED) is 0.623. The van der Waals surface area contributed by atoms with Gasteiger partial charge in [-0.05, 0) is 6.92 Å². The van der Waals surface area contributed by atoms with E-state index in [1.807, 2.05) is 0 Å². The molecule has 1 radical (unpaired) electrons. The van der Waals surface area contributed by atoms with Crippen LogP contribution < -0.4 is 5.32 Å². The smallest absolute Gasteiger partial charge is 0.316 e. The van der Waals surface area contributed by atoms with Gasteiger partial charge in [-0.3, -0.25) is 0 Å². The van der Waals surface area contributed by atoms with Crippen molar-refractivity contribution in [2.75, 3.05) is 6.54 Å². The van der Waals surface area contributed by atoms with Crippen molar-refractivity contribution >= 4 is 5.57 Å². The molecular weight excluding hydrogens is 142 g/mol. The van der Waals surface area contributed by atoms with Gasteiger partial charge in [0.05, 0.1) is 0 Å². The third kappa shape index (κ3) is 1.17. The molecule has 0 saturated heterocycles. The molecule has 11 heavy (non-hydrogen) atoms. The lowest BCUT2D eigenvalue weighted by atomic mass is 10.2. The van der Waals surface area contributed by atoms with Gasteiger partial charge in [0, 0.05) is 18.2 Å². The molecular formula is C7H8N3O. The summed E-state index contributed by atoms with van der Waals surface area (Å²) in [6.45, 7) is 2.89. The van der Waals surface area contributed by atoms with E-state index in [2.05, 4.69) is 39.4 Å². The lowest BCUT2D eigenvalue weighted by Crippen LogP contribution is -2.17. The van der Waals surface area contributed by atoms with Crippen LogP contribution in [-0.2, 0) is 0 Å². The number of hydrogen-bond donors (Lipinski definition) is 1. The van der Waals surface area contributed by atoms with E-state index in [-0.39, 0.29) is 0 Å². The molecule has 4 nitrogen and oxygen atoms in total. The minimum atomic E-state index is 0.406. The maximum Gasteiger partial charge on any atom is 0.316 e. The van der Waals surface area contributed by atoms with Crippen LogP contribution >= 0.6 is 0 Å². The number of rotatable bonds is 1. The Morgan fingerprint density at radius 2 is 2.73 bits per heavy atom. The van der Waals surface area contributed by atoms with E-state index >= 15 is 0 Å². The van der Waals surface area contributed by atoms with Gasteiger partial charge in [-0.1, -0.05) is 11.2 Å². The van der Waals surface area contributed by atoms with Crippen LogP contribution in [0.2, 0.25) is 0 Å². The summed E-state index contributed by atoms with van der Waals surface area (Å²) in [5.74, 6) is 0.641. The van der Waals surface area contributed by atoms with Crippen LogP contribution in [0, 0.1) is 6.39 Å². The highest BCUT2D eigenvalue weighted by Crippen LogP contribution is 2.13. The van der Waals surface area contributed by atoms with Crippen LogP contribution in [0.5, 0.6) is 0 Å². The molecule has 0 amide bonds. The fourth-order valence-electron chi connectivity index (χ4n) is 1.12. The third-order valence-corrected chi connectivity index (χ3v) is 1.68. The topological polar surface area (TPSA) is 51.0 Å². The van der Waals surface area contributed by atoms with Crippen LogP contribution in [0.15, 0.2) is 10.6 Å². The van der Waals surface area contributed by atoms with Crippen molar-refractivity contribution in [2.45, 2.75) is 13.0 Å². The Morgan fingerprint density at radius 1 is 1.82 bits per heavy atom. The predicted octanol–water partition coefficient (Wildman–Crippen LogP) is 0.245. The Hall–Kier alpha value is -1.16. The monoisotopic (exact) mass is 150 g/mol. The summed E-state index contributed by atoms with van der Waals surface area (Å²) in [6.07, 6.45) is 4.40. The average Bonchev–Trinajstić information content (AvgIpc) is 2.55. The second kappa shape index (κ2) is 2.47. The molecule has 57 valence electrons. The summed E-state index contributed by atoms with van der Waals surface area (Å²) in [4.78, 5) is 3.82. The van der Waals surface area contributed by atoms with Crippen LogP contribution in [0.4, 0.5) is 0 Å². The molecule has 0 aromatic carbocycles. The Kier molecular flexibility index (Phi) is 1.47. The summed E-state index contributed by atoms with van der Waals surface area (Å²) in [7, 11) is 0. The van der Waals surface area contributed by atoms with Gasteiger partial charge in [0.25, 0.3) is 0 Å². The zero-order chi connectivity index (χ0) is 7.68. The first kappa shape index (κ1) is 6.54. The van der Waals surface area contributed by atoms with Gasteiger partial charge in [0.1, 0.15) is 0 Å². The lowest BCUT2D eigenvalue weighted by molar-refractivity contribution is 0.407. The molecule has 1 aromatic heterocycles. The molecule has 1 unspecified atom stereocenters. The maximum absolute atomic E-state index is 4.51. The highest BCUT2D eigenvalue weighted by molar-refractivity contribution is 5.63. The van der Waals surface area contributed by atoms with Crippen molar-refractivity contribution in [3.8, 4) is 0 Å². The molecule has 1 N–H and O–H groups in total. The fourth-order valence-corrected chi connectivity index (χ4v) is 1.12. The standard InChI is InChI=1S/C7H8N3O/c1-5-2-6(3-8-5)7-9-4-11-10-7/h2,5,8H,3H2,1H3. The first-order valence-electron chi connectivity index (χ1n) is 3.50. The molecule has 2 heterocycles. The SMILES string of the molecule is CC1C=C(c2n[c]on2)CN1. The van der Waals surface area contributed by atoms with Crippen molar-refractivity contribution in [3.05, 3.63) is 18.3 Å². The van der Waals surface area contributed by atoms with Gasteiger partial charge in [0.15, 0.2) is 5.82 Å². The molecule has 0 bridgehead atoms. The van der Waals surface area contributed by atoms with Crippen molar-refractivity contribution in [2.24, 2.45) is 0 Å². The summed E-state index contributed by atoms with van der Waals surface area (Å²) in [5, 5.41) is 6.91. The Balaban J connectivity index is 2.25. The van der Waals surface area contributed by atoms with Crippen LogP contribution in [0.25, 0.3) is 5.57 Å². The lowest BCUT2D eigenvalue weighted by Gasteiger charge is -1.94. The number of hydrogen-bond acceptors (Lipinski definition) is 4. The van der Waals surface area contributed by atoms with Gasteiger partial charge in [0.2, 0.25) is 0 Å². The van der Waals surface area contributed by atoms with Crippen molar-refractivity contribution in [3.63, 3.8) is 0 Å². The highest BCUT2D eigenvalue weighted by atomic mass is 16.5. The zero-order valence-corrected chi connectivity index (χ0v) is 6.16. The summed E-state index contributed by atoms with van der Waals surface area (Å²) in [5.41, 5.74) is 1.09. The highest BCUT2D eigenvalue weighted by Gasteiger charge is 2.14. The molecule has 0 spiro atoms. The van der Waals surface area contributed by atoms with E-state index in [4.69, 9.17) is 0 Å². The fraction of sp³-hybridized carbons (Fsp3) is 0.429. The minimum absolute atomic E-state index is 0.406.